The number of carbonyl (C=O) groups excluding carboxylic acids is 1. The van der Waals surface area contributed by atoms with Crippen LogP contribution in [-0.2, 0) is 9.63 Å². The van der Waals surface area contributed by atoms with Crippen molar-refractivity contribution in [3.05, 3.63) is 70.4 Å². The molecule has 1 aromatic heterocycles. The predicted molar refractivity (Wildman–Crippen MR) is 119 cm³/mol. The molecule has 31 heavy (non-hydrogen) atoms. The number of non-ortho nitro benzene ring substituents is 1. The van der Waals surface area contributed by atoms with Crippen LogP contribution in [0, 0.1) is 16.0 Å². The van der Waals surface area contributed by atoms with E-state index in [4.69, 9.17) is 4.84 Å². The maximum absolute atomic E-state index is 11.4. The van der Waals surface area contributed by atoms with Gasteiger partial charge in [-0.1, -0.05) is 49.0 Å². The van der Waals surface area contributed by atoms with Crippen LogP contribution in [0.1, 0.15) is 51.0 Å². The SMILES string of the molecule is CC(=O)O/N=C(\CCC1CCCC1)c1cn(-c2ccc([N+](=O)[O-])cc2)c2ccccc12. The summed E-state index contributed by atoms with van der Waals surface area (Å²) in [6.07, 6.45) is 8.75. The third kappa shape index (κ3) is 4.66. The van der Waals surface area contributed by atoms with Crippen molar-refractivity contribution in [1.29, 1.82) is 0 Å². The Hall–Kier alpha value is -3.48. The van der Waals surface area contributed by atoms with Crippen molar-refractivity contribution in [2.45, 2.75) is 45.4 Å². The summed E-state index contributed by atoms with van der Waals surface area (Å²) in [6.45, 7) is 1.35. The molecule has 7 heteroatoms. The first kappa shape index (κ1) is 20.8. The molecule has 0 N–H and O–H groups in total. The Balaban J connectivity index is 1.74. The molecular weight excluding hydrogens is 394 g/mol. The molecule has 160 valence electrons. The summed E-state index contributed by atoms with van der Waals surface area (Å²) in [5.41, 5.74) is 3.49. The summed E-state index contributed by atoms with van der Waals surface area (Å²) in [5.74, 6) is 0.239. The minimum absolute atomic E-state index is 0.0501. The molecule has 0 bridgehead atoms. The van der Waals surface area contributed by atoms with E-state index in [-0.39, 0.29) is 5.69 Å². The summed E-state index contributed by atoms with van der Waals surface area (Å²) >= 11 is 0. The lowest BCUT2D eigenvalue weighted by molar-refractivity contribution is -0.384. The van der Waals surface area contributed by atoms with Gasteiger partial charge in [-0.3, -0.25) is 10.1 Å². The van der Waals surface area contributed by atoms with Crippen LogP contribution in [-0.4, -0.2) is 21.2 Å². The second-order valence-electron chi connectivity index (χ2n) is 8.01. The molecule has 1 saturated carbocycles. The largest absolute Gasteiger partial charge is 0.331 e. The summed E-state index contributed by atoms with van der Waals surface area (Å²) in [5, 5.41) is 16.2. The molecule has 0 amide bonds. The van der Waals surface area contributed by atoms with Crippen LogP contribution in [0.15, 0.2) is 59.9 Å². The zero-order chi connectivity index (χ0) is 21.8. The van der Waals surface area contributed by atoms with Gasteiger partial charge in [-0.15, -0.1) is 0 Å². The van der Waals surface area contributed by atoms with Gasteiger partial charge in [0.2, 0.25) is 0 Å². The van der Waals surface area contributed by atoms with E-state index < -0.39 is 10.9 Å². The van der Waals surface area contributed by atoms with E-state index in [0.29, 0.717) is 5.92 Å². The average Bonchev–Trinajstić information content (AvgIpc) is 3.42. The molecule has 0 unspecified atom stereocenters. The van der Waals surface area contributed by atoms with E-state index in [2.05, 4.69) is 5.16 Å². The minimum Gasteiger partial charge on any atom is -0.318 e. The number of fused-ring (bicyclic) bond motifs is 1. The topological polar surface area (TPSA) is 86.7 Å². The Kier molecular flexibility index (Phi) is 6.11. The predicted octanol–water partition coefficient (Wildman–Crippen LogP) is 5.78. The Morgan fingerprint density at radius 2 is 1.87 bits per heavy atom. The number of hydrogen-bond acceptors (Lipinski definition) is 5. The number of aromatic nitrogens is 1. The van der Waals surface area contributed by atoms with Crippen molar-refractivity contribution in [2.24, 2.45) is 11.1 Å². The van der Waals surface area contributed by atoms with Crippen LogP contribution in [0.5, 0.6) is 0 Å². The van der Waals surface area contributed by atoms with Gasteiger partial charge in [-0.05, 0) is 37.0 Å². The number of rotatable bonds is 7. The maximum Gasteiger partial charge on any atom is 0.331 e. The monoisotopic (exact) mass is 419 g/mol. The Bertz CT molecular complexity index is 1130. The van der Waals surface area contributed by atoms with Crippen LogP contribution in [0.4, 0.5) is 5.69 Å². The van der Waals surface area contributed by atoms with E-state index in [1.165, 1.54) is 44.7 Å². The van der Waals surface area contributed by atoms with E-state index >= 15 is 0 Å². The third-order valence-electron chi connectivity index (χ3n) is 5.91. The summed E-state index contributed by atoms with van der Waals surface area (Å²) in [6, 6.07) is 14.4. The van der Waals surface area contributed by atoms with Crippen molar-refractivity contribution in [3.8, 4) is 5.69 Å². The zero-order valence-electron chi connectivity index (χ0n) is 17.5. The van der Waals surface area contributed by atoms with Gasteiger partial charge in [0.25, 0.3) is 5.69 Å². The molecular formula is C24H25N3O4. The van der Waals surface area contributed by atoms with Crippen molar-refractivity contribution in [1.82, 2.24) is 4.57 Å². The van der Waals surface area contributed by atoms with Gasteiger partial charge in [-0.25, -0.2) is 4.79 Å². The van der Waals surface area contributed by atoms with Gasteiger partial charge in [0, 0.05) is 41.9 Å². The average molecular weight is 419 g/mol. The van der Waals surface area contributed by atoms with Crippen LogP contribution >= 0.6 is 0 Å². The molecule has 1 aliphatic rings. The highest BCUT2D eigenvalue weighted by molar-refractivity contribution is 6.11. The molecule has 0 radical (unpaired) electrons. The van der Waals surface area contributed by atoms with Crippen molar-refractivity contribution >= 4 is 28.3 Å². The number of para-hydroxylation sites is 1. The van der Waals surface area contributed by atoms with Crippen molar-refractivity contribution in [2.75, 3.05) is 0 Å². The molecule has 2 aromatic carbocycles. The van der Waals surface area contributed by atoms with Gasteiger partial charge in [0.1, 0.15) is 0 Å². The number of nitro benzene ring substituents is 1. The Morgan fingerprint density at radius 1 is 1.16 bits per heavy atom. The smallest absolute Gasteiger partial charge is 0.318 e. The van der Waals surface area contributed by atoms with Gasteiger partial charge in [-0.2, -0.15) is 0 Å². The van der Waals surface area contributed by atoms with Crippen LogP contribution in [0.2, 0.25) is 0 Å². The summed E-state index contributed by atoms with van der Waals surface area (Å²) < 4.78 is 1.99. The van der Waals surface area contributed by atoms with Crippen molar-refractivity contribution < 1.29 is 14.6 Å². The first-order valence-corrected chi connectivity index (χ1v) is 10.6. The fourth-order valence-electron chi connectivity index (χ4n) is 4.35. The highest BCUT2D eigenvalue weighted by Crippen LogP contribution is 2.31. The number of hydrogen-bond donors (Lipinski definition) is 0. The van der Waals surface area contributed by atoms with Crippen LogP contribution in [0.25, 0.3) is 16.6 Å². The van der Waals surface area contributed by atoms with E-state index in [1.807, 2.05) is 35.0 Å². The first-order chi connectivity index (χ1) is 15.0. The maximum atomic E-state index is 11.4. The second kappa shape index (κ2) is 9.12. The third-order valence-corrected chi connectivity index (χ3v) is 5.91. The van der Waals surface area contributed by atoms with Gasteiger partial charge in [0.15, 0.2) is 0 Å². The van der Waals surface area contributed by atoms with Gasteiger partial charge < -0.3 is 9.40 Å². The zero-order valence-corrected chi connectivity index (χ0v) is 17.5. The minimum atomic E-state index is -0.447. The Labute approximate surface area is 180 Å². The molecule has 0 spiro atoms. The number of nitrogens with zero attached hydrogens (tertiary/aromatic N) is 3. The number of carbonyl (C=O) groups is 1. The van der Waals surface area contributed by atoms with E-state index in [1.54, 1.807) is 12.1 Å². The van der Waals surface area contributed by atoms with Crippen LogP contribution < -0.4 is 0 Å². The van der Waals surface area contributed by atoms with E-state index in [0.717, 1.165) is 40.7 Å². The number of benzene rings is 2. The highest BCUT2D eigenvalue weighted by atomic mass is 16.7. The fraction of sp³-hybridized carbons (Fsp3) is 0.333. The number of nitro groups is 1. The summed E-state index contributed by atoms with van der Waals surface area (Å²) in [4.78, 5) is 27.1. The normalized spacial score (nSPS) is 14.8. The first-order valence-electron chi connectivity index (χ1n) is 10.6. The molecule has 1 fully saturated rings. The highest BCUT2D eigenvalue weighted by Gasteiger charge is 2.20. The van der Waals surface area contributed by atoms with Gasteiger partial charge >= 0.3 is 5.97 Å². The molecule has 1 aliphatic carbocycles. The molecule has 0 atom stereocenters. The Morgan fingerprint density at radius 3 is 2.55 bits per heavy atom. The number of oxime groups is 1. The van der Waals surface area contributed by atoms with Crippen molar-refractivity contribution in [3.63, 3.8) is 0 Å². The lowest BCUT2D eigenvalue weighted by Crippen LogP contribution is -2.06. The second-order valence-corrected chi connectivity index (χ2v) is 8.01. The lowest BCUT2D eigenvalue weighted by atomic mass is 9.97. The molecule has 7 nitrogen and oxygen atoms in total. The van der Waals surface area contributed by atoms with E-state index in [9.17, 15) is 14.9 Å². The molecule has 0 aliphatic heterocycles. The lowest BCUT2D eigenvalue weighted by Gasteiger charge is -2.10. The molecule has 3 aromatic rings. The van der Waals surface area contributed by atoms with Gasteiger partial charge in [0.05, 0.1) is 16.2 Å². The fourth-order valence-corrected chi connectivity index (χ4v) is 4.35. The standard InChI is InChI=1S/C24H25N3O4/c1-17(28)31-25-23(15-10-18-6-2-3-7-18)22-16-26(24-9-5-4-8-21(22)24)19-11-13-20(14-12-19)27(29)30/h4-5,8-9,11-14,16,18H,2-3,6-7,10,15H2,1H3/b25-23+. The molecule has 1 heterocycles. The molecule has 0 saturated heterocycles. The quantitative estimate of drug-likeness (QED) is 0.210. The van der Waals surface area contributed by atoms with Crippen LogP contribution in [0.3, 0.4) is 0 Å². The summed E-state index contributed by atoms with van der Waals surface area (Å²) in [7, 11) is 0. The molecule has 4 rings (SSSR count).